The van der Waals surface area contributed by atoms with Gasteiger partial charge in [0.25, 0.3) is 10.2 Å². The molecule has 2 rings (SSSR count). The molecule has 5 nitrogen and oxygen atoms in total. The highest BCUT2D eigenvalue weighted by molar-refractivity contribution is 7.87. The minimum absolute atomic E-state index is 0.0688. The summed E-state index contributed by atoms with van der Waals surface area (Å²) in [5.41, 5.74) is 0.0688. The Bertz CT molecular complexity index is 375. The van der Waals surface area contributed by atoms with E-state index in [4.69, 9.17) is 0 Å². The van der Waals surface area contributed by atoms with Crippen molar-refractivity contribution in [3.63, 3.8) is 0 Å². The third-order valence-electron chi connectivity index (χ3n) is 4.21. The van der Waals surface area contributed by atoms with E-state index in [0.717, 1.165) is 32.4 Å². The zero-order valence-corrected chi connectivity index (χ0v) is 12.2. The van der Waals surface area contributed by atoms with E-state index >= 15 is 0 Å². The van der Waals surface area contributed by atoms with Crippen LogP contribution >= 0.6 is 0 Å². The van der Waals surface area contributed by atoms with E-state index in [1.54, 1.807) is 4.31 Å². The van der Waals surface area contributed by atoms with Gasteiger partial charge in [-0.2, -0.15) is 17.4 Å². The average Bonchev–Trinajstić information content (AvgIpc) is 2.33. The molecule has 1 unspecified atom stereocenters. The van der Waals surface area contributed by atoms with E-state index in [1.165, 1.54) is 6.42 Å². The lowest BCUT2D eigenvalue weighted by Crippen LogP contribution is -2.55. The zero-order chi connectivity index (χ0) is 13.2. The first kappa shape index (κ1) is 14.2. The van der Waals surface area contributed by atoms with Crippen LogP contribution < -0.4 is 10.0 Å². The Kier molecular flexibility index (Phi) is 4.31. The first-order chi connectivity index (χ1) is 8.42. The fourth-order valence-corrected chi connectivity index (χ4v) is 4.46. The van der Waals surface area contributed by atoms with Crippen LogP contribution in [0.1, 0.15) is 39.5 Å². The molecule has 1 saturated heterocycles. The fraction of sp³-hybridized carbons (Fsp3) is 1.00. The summed E-state index contributed by atoms with van der Waals surface area (Å²) in [4.78, 5) is 0. The Hall–Kier alpha value is -0.170. The maximum absolute atomic E-state index is 12.3. The smallest absolute Gasteiger partial charge is 0.279 e. The standard InChI is InChI=1S/C12H25N3O2S/c1-12(2)6-4-3-5-11(12)14-18(16,17)15-9-7-13-8-10-15/h11,13-14H,3-10H2,1-2H3. The quantitative estimate of drug-likeness (QED) is 0.797. The van der Waals surface area contributed by atoms with Gasteiger partial charge in [0.15, 0.2) is 0 Å². The van der Waals surface area contributed by atoms with Crippen LogP contribution in [0.5, 0.6) is 0 Å². The molecule has 0 amide bonds. The molecule has 1 heterocycles. The van der Waals surface area contributed by atoms with Crippen LogP contribution in [0.4, 0.5) is 0 Å². The van der Waals surface area contributed by atoms with E-state index in [0.29, 0.717) is 13.1 Å². The van der Waals surface area contributed by atoms with Gasteiger partial charge >= 0.3 is 0 Å². The molecule has 1 aliphatic carbocycles. The van der Waals surface area contributed by atoms with Crippen molar-refractivity contribution < 1.29 is 8.42 Å². The summed E-state index contributed by atoms with van der Waals surface area (Å²) in [5, 5.41) is 3.17. The Morgan fingerprint density at radius 3 is 2.50 bits per heavy atom. The van der Waals surface area contributed by atoms with Crippen LogP contribution in [0.2, 0.25) is 0 Å². The predicted molar refractivity (Wildman–Crippen MR) is 72.5 cm³/mol. The Labute approximate surface area is 110 Å². The van der Waals surface area contributed by atoms with Gasteiger partial charge in [-0.05, 0) is 18.3 Å². The molecule has 18 heavy (non-hydrogen) atoms. The third-order valence-corrected chi connectivity index (χ3v) is 5.84. The van der Waals surface area contributed by atoms with Crippen LogP contribution in [-0.4, -0.2) is 44.9 Å². The second-order valence-electron chi connectivity index (χ2n) is 6.06. The normalized spacial score (nSPS) is 30.2. The summed E-state index contributed by atoms with van der Waals surface area (Å²) in [5.74, 6) is 0. The molecule has 106 valence electrons. The van der Waals surface area contributed by atoms with Gasteiger partial charge in [-0.1, -0.05) is 26.7 Å². The van der Waals surface area contributed by atoms with Crippen molar-refractivity contribution in [2.45, 2.75) is 45.6 Å². The van der Waals surface area contributed by atoms with E-state index in [-0.39, 0.29) is 11.5 Å². The molecule has 2 N–H and O–H groups in total. The predicted octanol–water partition coefficient (Wildman–Crippen LogP) is 0.695. The SMILES string of the molecule is CC1(C)CCCCC1NS(=O)(=O)N1CCNCC1. The van der Waals surface area contributed by atoms with Crippen molar-refractivity contribution in [3.05, 3.63) is 0 Å². The molecule has 1 aliphatic heterocycles. The van der Waals surface area contributed by atoms with Crippen LogP contribution in [0.3, 0.4) is 0 Å². The number of piperazine rings is 1. The molecule has 0 spiro atoms. The summed E-state index contributed by atoms with van der Waals surface area (Å²) >= 11 is 0. The number of hydrogen-bond acceptors (Lipinski definition) is 3. The number of nitrogens with zero attached hydrogens (tertiary/aromatic N) is 1. The van der Waals surface area contributed by atoms with Gasteiger partial charge in [-0.3, -0.25) is 0 Å². The number of nitrogens with one attached hydrogen (secondary N) is 2. The van der Waals surface area contributed by atoms with E-state index < -0.39 is 10.2 Å². The summed E-state index contributed by atoms with van der Waals surface area (Å²) in [6.45, 7) is 6.96. The Balaban J connectivity index is 2.02. The van der Waals surface area contributed by atoms with Gasteiger partial charge in [0, 0.05) is 32.2 Å². The van der Waals surface area contributed by atoms with Crippen molar-refractivity contribution >= 4 is 10.2 Å². The van der Waals surface area contributed by atoms with Crippen molar-refractivity contribution in [1.82, 2.24) is 14.3 Å². The highest BCUT2D eigenvalue weighted by Crippen LogP contribution is 2.35. The second-order valence-corrected chi connectivity index (χ2v) is 7.76. The molecule has 1 saturated carbocycles. The highest BCUT2D eigenvalue weighted by Gasteiger charge is 2.36. The molecular formula is C12H25N3O2S. The van der Waals surface area contributed by atoms with Crippen LogP contribution in [0, 0.1) is 5.41 Å². The molecular weight excluding hydrogens is 250 g/mol. The molecule has 2 fully saturated rings. The van der Waals surface area contributed by atoms with Gasteiger partial charge in [-0.15, -0.1) is 0 Å². The molecule has 0 bridgehead atoms. The molecule has 1 atom stereocenters. The molecule has 0 aromatic heterocycles. The zero-order valence-electron chi connectivity index (χ0n) is 11.4. The number of hydrogen-bond donors (Lipinski definition) is 2. The summed E-state index contributed by atoms with van der Waals surface area (Å²) in [6.07, 6.45) is 4.39. The summed E-state index contributed by atoms with van der Waals surface area (Å²) < 4.78 is 29.1. The van der Waals surface area contributed by atoms with E-state index in [2.05, 4.69) is 23.9 Å². The first-order valence-corrected chi connectivity index (χ1v) is 8.34. The maximum Gasteiger partial charge on any atom is 0.279 e. The molecule has 0 aromatic rings. The first-order valence-electron chi connectivity index (χ1n) is 6.90. The minimum Gasteiger partial charge on any atom is -0.314 e. The molecule has 0 radical (unpaired) electrons. The number of rotatable bonds is 3. The molecule has 6 heteroatoms. The minimum atomic E-state index is -3.31. The average molecular weight is 275 g/mol. The third kappa shape index (κ3) is 3.23. The summed E-state index contributed by atoms with van der Waals surface area (Å²) in [7, 11) is -3.31. The van der Waals surface area contributed by atoms with Crippen LogP contribution in [0.25, 0.3) is 0 Å². The largest absolute Gasteiger partial charge is 0.314 e. The lowest BCUT2D eigenvalue weighted by Gasteiger charge is -2.40. The van der Waals surface area contributed by atoms with Gasteiger partial charge in [0.2, 0.25) is 0 Å². The summed E-state index contributed by atoms with van der Waals surface area (Å²) in [6, 6.07) is 0.0751. The van der Waals surface area contributed by atoms with Gasteiger partial charge in [-0.25, -0.2) is 0 Å². The molecule has 0 aromatic carbocycles. The monoisotopic (exact) mass is 275 g/mol. The lowest BCUT2D eigenvalue weighted by molar-refractivity contribution is 0.185. The topological polar surface area (TPSA) is 61.4 Å². The van der Waals surface area contributed by atoms with Crippen LogP contribution in [-0.2, 0) is 10.2 Å². The van der Waals surface area contributed by atoms with Crippen molar-refractivity contribution in [3.8, 4) is 0 Å². The Morgan fingerprint density at radius 1 is 1.22 bits per heavy atom. The fourth-order valence-electron chi connectivity index (χ4n) is 2.85. The highest BCUT2D eigenvalue weighted by atomic mass is 32.2. The Morgan fingerprint density at radius 2 is 1.89 bits per heavy atom. The van der Waals surface area contributed by atoms with Gasteiger partial charge in [0.05, 0.1) is 0 Å². The van der Waals surface area contributed by atoms with Crippen LogP contribution in [0.15, 0.2) is 0 Å². The van der Waals surface area contributed by atoms with E-state index in [9.17, 15) is 8.42 Å². The van der Waals surface area contributed by atoms with Gasteiger partial charge in [0.1, 0.15) is 0 Å². The molecule has 2 aliphatic rings. The lowest BCUT2D eigenvalue weighted by atomic mass is 9.74. The van der Waals surface area contributed by atoms with Gasteiger partial charge < -0.3 is 5.32 Å². The van der Waals surface area contributed by atoms with Crippen molar-refractivity contribution in [1.29, 1.82) is 0 Å². The second kappa shape index (κ2) is 5.45. The van der Waals surface area contributed by atoms with Crippen molar-refractivity contribution in [2.75, 3.05) is 26.2 Å². The van der Waals surface area contributed by atoms with E-state index in [1.807, 2.05) is 0 Å². The maximum atomic E-state index is 12.3. The van der Waals surface area contributed by atoms with Crippen molar-refractivity contribution in [2.24, 2.45) is 5.41 Å².